The molecule has 0 fully saturated rings. The largest absolute Gasteiger partial charge is 0.418 e. The van der Waals surface area contributed by atoms with Gasteiger partial charge in [-0.2, -0.15) is 18.3 Å². The molecule has 10 nitrogen and oxygen atoms in total. The van der Waals surface area contributed by atoms with Crippen LogP contribution in [0.2, 0.25) is 0 Å². The fraction of sp³-hybridized carbons (Fsp3) is 0.182. The lowest BCUT2D eigenvalue weighted by atomic mass is 9.99. The second kappa shape index (κ2) is 8.39. The summed E-state index contributed by atoms with van der Waals surface area (Å²) in [6.07, 6.45) is 0.367. The van der Waals surface area contributed by atoms with Gasteiger partial charge in [-0.25, -0.2) is 14.5 Å². The second-order valence-corrected chi connectivity index (χ2v) is 9.14. The van der Waals surface area contributed by atoms with Crippen molar-refractivity contribution in [1.82, 2.24) is 39.7 Å². The number of aromatic amines is 1. The maximum Gasteiger partial charge on any atom is 0.418 e. The van der Waals surface area contributed by atoms with Crippen molar-refractivity contribution in [2.24, 2.45) is 0 Å². The molecule has 0 aromatic carbocycles. The number of carbonyl (C=O) groups excluding carboxylic acids is 1. The number of H-pyrrole nitrogens is 1. The Hall–Kier alpha value is -3.82. The summed E-state index contributed by atoms with van der Waals surface area (Å²) in [5.41, 5.74) is 0.976. The minimum atomic E-state index is -4.57. The molecule has 1 aliphatic rings. The number of carbonyl (C=O) groups is 1. The van der Waals surface area contributed by atoms with Crippen molar-refractivity contribution in [3.05, 3.63) is 81.2 Å². The highest BCUT2D eigenvalue weighted by Gasteiger charge is 2.39. The predicted octanol–water partition coefficient (Wildman–Crippen LogP) is 3.91. The zero-order valence-corrected chi connectivity index (χ0v) is 20.2. The first-order valence-electron chi connectivity index (χ1n) is 10.6. The van der Waals surface area contributed by atoms with Gasteiger partial charge in [0.1, 0.15) is 11.7 Å². The molecule has 0 saturated carbocycles. The molecule has 0 saturated heterocycles. The number of fused-ring (bicyclic) bond motifs is 2. The van der Waals surface area contributed by atoms with Crippen molar-refractivity contribution >= 4 is 34.0 Å². The molecule has 1 aliphatic heterocycles. The van der Waals surface area contributed by atoms with Crippen LogP contribution in [0.25, 0.3) is 17.1 Å². The van der Waals surface area contributed by atoms with Crippen LogP contribution in [-0.2, 0) is 12.6 Å². The second-order valence-electron chi connectivity index (χ2n) is 7.98. The number of imidazole rings is 1. The van der Waals surface area contributed by atoms with Crippen molar-refractivity contribution < 1.29 is 22.4 Å². The van der Waals surface area contributed by atoms with E-state index in [2.05, 4.69) is 52.8 Å². The van der Waals surface area contributed by atoms with Crippen molar-refractivity contribution in [3.8, 4) is 11.6 Å². The lowest BCUT2D eigenvalue weighted by Gasteiger charge is -2.32. The summed E-state index contributed by atoms with van der Waals surface area (Å²) in [5.74, 6) is -0.776. The van der Waals surface area contributed by atoms with E-state index >= 15 is 0 Å². The van der Waals surface area contributed by atoms with Gasteiger partial charge in [0.25, 0.3) is 5.89 Å². The van der Waals surface area contributed by atoms with Crippen molar-refractivity contribution in [1.29, 1.82) is 0 Å². The lowest BCUT2D eigenvalue weighted by molar-refractivity contribution is -0.136. The molecule has 0 radical (unpaired) electrons. The first-order chi connectivity index (χ1) is 17.3. The molecule has 0 bridgehead atoms. The molecule has 0 unspecified atom stereocenters. The maximum absolute atomic E-state index is 13.6. The van der Waals surface area contributed by atoms with E-state index in [4.69, 9.17) is 4.42 Å². The molecule has 1 N–H and O–H groups in total. The Balaban J connectivity index is 1.42. The van der Waals surface area contributed by atoms with E-state index in [9.17, 15) is 18.0 Å². The highest BCUT2D eigenvalue weighted by Crippen LogP contribution is 2.37. The van der Waals surface area contributed by atoms with E-state index in [1.54, 1.807) is 12.3 Å². The minimum Gasteiger partial charge on any atom is -0.411 e. The summed E-state index contributed by atoms with van der Waals surface area (Å²) < 4.78 is 48.4. The zero-order chi connectivity index (χ0) is 25.0. The van der Waals surface area contributed by atoms with E-state index in [1.165, 1.54) is 29.6 Å². The van der Waals surface area contributed by atoms with Gasteiger partial charge in [-0.05, 0) is 52.9 Å². The number of hydrogen-bond donors (Lipinski definition) is 1. The molecule has 14 heteroatoms. The van der Waals surface area contributed by atoms with Crippen LogP contribution in [0.3, 0.4) is 0 Å². The molecular weight excluding hydrogens is 592 g/mol. The number of amides is 1. The van der Waals surface area contributed by atoms with E-state index in [0.29, 0.717) is 17.8 Å². The molecule has 0 spiro atoms. The standard InChI is InChI=1S/C22H14F3IN8O2/c23-22(24,25)11-3-2-7-34-15(11)9-14(32-34)18-17-13(28-10-29-17)5-8-33(18)21(35)20-31-30-19(36-20)16-12(26)4-1-6-27-16/h1-4,6-7,9-10,18H,5,8H2,(H,28,29)/t18-/m0/s1. The Bertz CT molecular complexity index is 1610. The van der Waals surface area contributed by atoms with E-state index < -0.39 is 23.7 Å². The number of aromatic nitrogens is 7. The van der Waals surface area contributed by atoms with E-state index in [-0.39, 0.29) is 29.5 Å². The molecule has 5 aromatic rings. The summed E-state index contributed by atoms with van der Waals surface area (Å²) in [5, 5.41) is 12.3. The van der Waals surface area contributed by atoms with Crippen LogP contribution in [-0.4, -0.2) is 52.1 Å². The van der Waals surface area contributed by atoms with Crippen LogP contribution >= 0.6 is 22.6 Å². The van der Waals surface area contributed by atoms with Crippen LogP contribution in [0.15, 0.2) is 53.5 Å². The van der Waals surface area contributed by atoms with Gasteiger partial charge in [0.2, 0.25) is 0 Å². The van der Waals surface area contributed by atoms with Gasteiger partial charge in [-0.3, -0.25) is 4.79 Å². The van der Waals surface area contributed by atoms with Gasteiger partial charge in [-0.1, -0.05) is 0 Å². The molecule has 1 atom stereocenters. The quantitative estimate of drug-likeness (QED) is 0.310. The third-order valence-electron chi connectivity index (χ3n) is 5.86. The summed E-state index contributed by atoms with van der Waals surface area (Å²) in [7, 11) is 0. The third kappa shape index (κ3) is 3.71. The number of halogens is 4. The van der Waals surface area contributed by atoms with Crippen LogP contribution in [0.1, 0.15) is 39.4 Å². The number of rotatable bonds is 3. The third-order valence-corrected chi connectivity index (χ3v) is 6.73. The van der Waals surface area contributed by atoms with Crippen LogP contribution in [0.5, 0.6) is 0 Å². The van der Waals surface area contributed by atoms with Crippen molar-refractivity contribution in [3.63, 3.8) is 0 Å². The SMILES string of the molecule is O=C(c1nnc(-c2ncccc2I)o1)N1CCc2[nH]cnc2[C@@H]1c1cc2c(C(F)(F)F)cccn2n1. The monoisotopic (exact) mass is 606 g/mol. The van der Waals surface area contributed by atoms with Gasteiger partial charge >= 0.3 is 18.0 Å². The Morgan fingerprint density at radius 1 is 1.19 bits per heavy atom. The van der Waals surface area contributed by atoms with Crippen LogP contribution in [0.4, 0.5) is 13.2 Å². The Morgan fingerprint density at radius 2 is 2.06 bits per heavy atom. The van der Waals surface area contributed by atoms with E-state index in [0.717, 1.165) is 19.8 Å². The average Bonchev–Trinajstić information content (AvgIpc) is 3.61. The summed E-state index contributed by atoms with van der Waals surface area (Å²) in [6, 6.07) is 6.30. The lowest BCUT2D eigenvalue weighted by Crippen LogP contribution is -2.41. The molecule has 36 heavy (non-hydrogen) atoms. The van der Waals surface area contributed by atoms with Crippen LogP contribution < -0.4 is 0 Å². The van der Waals surface area contributed by atoms with Crippen molar-refractivity contribution in [2.75, 3.05) is 6.54 Å². The first-order valence-corrected chi connectivity index (χ1v) is 11.7. The van der Waals surface area contributed by atoms with Crippen LogP contribution in [0, 0.1) is 3.57 Å². The van der Waals surface area contributed by atoms with Gasteiger partial charge < -0.3 is 14.3 Å². The smallest absolute Gasteiger partial charge is 0.411 e. The Morgan fingerprint density at radius 3 is 2.86 bits per heavy atom. The molecule has 1 amide bonds. The fourth-order valence-electron chi connectivity index (χ4n) is 4.27. The summed E-state index contributed by atoms with van der Waals surface area (Å²) in [4.78, 5) is 26.6. The van der Waals surface area contributed by atoms with Gasteiger partial charge in [-0.15, -0.1) is 10.2 Å². The van der Waals surface area contributed by atoms with Crippen molar-refractivity contribution in [2.45, 2.75) is 18.6 Å². The van der Waals surface area contributed by atoms with Gasteiger partial charge in [0.15, 0.2) is 0 Å². The predicted molar refractivity (Wildman–Crippen MR) is 126 cm³/mol. The highest BCUT2D eigenvalue weighted by molar-refractivity contribution is 14.1. The topological polar surface area (TPSA) is 118 Å². The number of nitrogens with one attached hydrogen (secondary N) is 1. The fourth-order valence-corrected chi connectivity index (χ4v) is 4.85. The maximum atomic E-state index is 13.6. The minimum absolute atomic E-state index is 0.0833. The number of nitrogens with zero attached hydrogens (tertiary/aromatic N) is 7. The molecule has 6 rings (SSSR count). The first kappa shape index (κ1) is 22.6. The molecule has 182 valence electrons. The average molecular weight is 606 g/mol. The van der Waals surface area contributed by atoms with Gasteiger partial charge in [0.05, 0.1) is 28.8 Å². The Labute approximate surface area is 213 Å². The molecule has 5 aromatic heterocycles. The summed E-state index contributed by atoms with van der Waals surface area (Å²) in [6.45, 7) is 0.234. The summed E-state index contributed by atoms with van der Waals surface area (Å²) >= 11 is 2.07. The highest BCUT2D eigenvalue weighted by atomic mass is 127. The Kier molecular flexibility index (Phi) is 5.27. The number of hydrogen-bond acceptors (Lipinski definition) is 7. The molecule has 6 heterocycles. The molecular formula is C22H14F3IN8O2. The van der Waals surface area contributed by atoms with E-state index in [1.807, 2.05) is 6.07 Å². The zero-order valence-electron chi connectivity index (χ0n) is 18.1. The number of pyridine rings is 2. The van der Waals surface area contributed by atoms with Gasteiger partial charge in [0, 0.05) is 34.6 Å². The number of alkyl halides is 3. The molecule has 0 aliphatic carbocycles. The normalized spacial score (nSPS) is 15.9.